The first-order valence-electron chi connectivity index (χ1n) is 12.4. The molecule has 1 aromatic heterocycles. The highest BCUT2D eigenvalue weighted by Gasteiger charge is 2.49. The number of benzene rings is 1. The highest BCUT2D eigenvalue weighted by Crippen LogP contribution is 2.43. The number of aryl methyl sites for hydroxylation is 1. The van der Waals surface area contributed by atoms with E-state index in [0.29, 0.717) is 54.9 Å². The molecule has 1 N–H and O–H groups in total. The number of hydrogen-bond acceptors (Lipinski definition) is 8. The third kappa shape index (κ3) is 4.37. The zero-order valence-electron chi connectivity index (χ0n) is 20.9. The first-order chi connectivity index (χ1) is 17.3. The van der Waals surface area contributed by atoms with Crippen LogP contribution in [0, 0.1) is 23.7 Å². The van der Waals surface area contributed by atoms with Gasteiger partial charge >= 0.3 is 6.01 Å². The molecule has 3 aliphatic rings. The molecule has 0 unspecified atom stereocenters. The van der Waals surface area contributed by atoms with Crippen molar-refractivity contribution in [1.82, 2.24) is 19.8 Å². The molecule has 0 bridgehead atoms. The molecule has 0 saturated carbocycles. The van der Waals surface area contributed by atoms with Gasteiger partial charge in [0, 0.05) is 43.2 Å². The molecule has 2 aromatic rings. The minimum atomic E-state index is -0.0481. The van der Waals surface area contributed by atoms with Crippen molar-refractivity contribution in [2.24, 2.45) is 5.41 Å². The molecular weight excluding hydrogens is 456 g/mol. The van der Waals surface area contributed by atoms with Gasteiger partial charge in [-0.2, -0.15) is 15.2 Å². The summed E-state index contributed by atoms with van der Waals surface area (Å²) in [6.45, 7) is 9.81. The number of phenolic OH excluding ortho intramolecular Hbond substituents is 1. The number of amides is 1. The summed E-state index contributed by atoms with van der Waals surface area (Å²) >= 11 is 0. The van der Waals surface area contributed by atoms with E-state index in [1.165, 1.54) is 6.08 Å². The number of likely N-dealkylation sites (tertiary alicyclic amines) is 2. The Hall–Kier alpha value is -3.64. The van der Waals surface area contributed by atoms with E-state index in [9.17, 15) is 15.2 Å². The third-order valence-electron chi connectivity index (χ3n) is 7.81. The molecule has 1 amide bonds. The van der Waals surface area contributed by atoms with Gasteiger partial charge in [-0.05, 0) is 63.6 Å². The Morgan fingerprint density at radius 1 is 1.33 bits per heavy atom. The van der Waals surface area contributed by atoms with Crippen LogP contribution in [-0.4, -0.2) is 83.2 Å². The van der Waals surface area contributed by atoms with Gasteiger partial charge in [0.15, 0.2) is 5.82 Å². The van der Waals surface area contributed by atoms with Crippen molar-refractivity contribution in [1.29, 1.82) is 5.26 Å². The molecule has 3 fully saturated rings. The molecule has 188 valence electrons. The van der Waals surface area contributed by atoms with Crippen molar-refractivity contribution in [3.63, 3.8) is 0 Å². The van der Waals surface area contributed by atoms with Crippen LogP contribution in [0.1, 0.15) is 30.4 Å². The molecule has 9 heteroatoms. The molecular formula is C27H32N6O3. The molecule has 4 heterocycles. The number of aromatic hydroxyl groups is 1. The number of nitrogens with zero attached hydrogens (tertiary/aromatic N) is 6. The lowest BCUT2D eigenvalue weighted by Gasteiger charge is -2.47. The molecule has 36 heavy (non-hydrogen) atoms. The van der Waals surface area contributed by atoms with E-state index in [0.717, 1.165) is 37.9 Å². The summed E-state index contributed by atoms with van der Waals surface area (Å²) in [5.74, 6) is 0.606. The summed E-state index contributed by atoms with van der Waals surface area (Å²) in [4.78, 5) is 27.6. The predicted octanol–water partition coefficient (Wildman–Crippen LogP) is 2.73. The Bertz CT molecular complexity index is 1230. The second kappa shape index (κ2) is 9.43. The van der Waals surface area contributed by atoms with Crippen molar-refractivity contribution >= 4 is 11.7 Å². The normalized spacial score (nSPS) is 20.9. The standard InChI is InChI=1S/C27H32N6O3/c1-4-23(35)33-16-27(17-33)9-11-32(15-27)25-22(13-28)24(21-12-20(34)8-7-18(21)2)29-26(30-25)36-14-19-6-5-10-31(19)3/h4,7-8,12,19,34H,1,5-6,9-11,14-17H2,2-3H3/t19-/m0/s1. The van der Waals surface area contributed by atoms with Crippen LogP contribution in [0.4, 0.5) is 5.82 Å². The van der Waals surface area contributed by atoms with Gasteiger partial charge < -0.3 is 24.5 Å². The van der Waals surface area contributed by atoms with E-state index in [1.807, 2.05) is 13.0 Å². The summed E-state index contributed by atoms with van der Waals surface area (Å²) in [5, 5.41) is 20.4. The maximum atomic E-state index is 12.0. The van der Waals surface area contributed by atoms with Crippen LogP contribution in [0.25, 0.3) is 11.3 Å². The number of rotatable bonds is 6. The fourth-order valence-corrected chi connectivity index (χ4v) is 5.67. The van der Waals surface area contributed by atoms with Crippen LogP contribution < -0.4 is 9.64 Å². The highest BCUT2D eigenvalue weighted by molar-refractivity contribution is 5.87. The predicted molar refractivity (Wildman–Crippen MR) is 136 cm³/mol. The van der Waals surface area contributed by atoms with Crippen molar-refractivity contribution in [2.75, 3.05) is 51.3 Å². The molecule has 9 nitrogen and oxygen atoms in total. The minimum absolute atomic E-state index is 0.00891. The topological polar surface area (TPSA) is 106 Å². The Labute approximate surface area is 211 Å². The van der Waals surface area contributed by atoms with E-state index < -0.39 is 0 Å². The van der Waals surface area contributed by atoms with Crippen molar-refractivity contribution < 1.29 is 14.6 Å². The average molecular weight is 489 g/mol. The first-order valence-corrected chi connectivity index (χ1v) is 12.4. The number of hydrogen-bond donors (Lipinski definition) is 1. The van der Waals surface area contributed by atoms with Crippen molar-refractivity contribution in [2.45, 2.75) is 32.2 Å². The maximum absolute atomic E-state index is 12.0. The van der Waals surface area contributed by atoms with Gasteiger partial charge in [-0.1, -0.05) is 12.6 Å². The molecule has 1 spiro atoms. The Morgan fingerprint density at radius 3 is 2.83 bits per heavy atom. The fourth-order valence-electron chi connectivity index (χ4n) is 5.67. The number of anilines is 1. The van der Waals surface area contributed by atoms with Crippen LogP contribution in [0.2, 0.25) is 0 Å². The monoisotopic (exact) mass is 488 g/mol. The molecule has 3 saturated heterocycles. The number of carbonyl (C=O) groups is 1. The maximum Gasteiger partial charge on any atom is 0.319 e. The third-order valence-corrected chi connectivity index (χ3v) is 7.81. The van der Waals surface area contributed by atoms with E-state index in [4.69, 9.17) is 9.72 Å². The molecule has 1 aromatic carbocycles. The number of aromatic nitrogens is 2. The zero-order chi connectivity index (χ0) is 25.4. The first kappa shape index (κ1) is 24.1. The lowest BCUT2D eigenvalue weighted by molar-refractivity contribution is -0.136. The number of carbonyl (C=O) groups excluding carboxylic acids is 1. The van der Waals surface area contributed by atoms with Gasteiger partial charge in [0.25, 0.3) is 0 Å². The second-order valence-electron chi connectivity index (χ2n) is 10.3. The minimum Gasteiger partial charge on any atom is -0.508 e. The van der Waals surface area contributed by atoms with Crippen LogP contribution in [0.15, 0.2) is 30.9 Å². The summed E-state index contributed by atoms with van der Waals surface area (Å²) in [5.41, 5.74) is 2.39. The van der Waals surface area contributed by atoms with E-state index in [1.54, 1.807) is 17.0 Å². The SMILES string of the molecule is C=CC(=O)N1CC2(CCN(c3nc(OC[C@@H]4CCCN4C)nc(-c4cc(O)ccc4C)c3C#N)C2)C1. The van der Waals surface area contributed by atoms with E-state index in [2.05, 4.69) is 34.5 Å². The zero-order valence-corrected chi connectivity index (χ0v) is 20.9. The Balaban J connectivity index is 1.49. The van der Waals surface area contributed by atoms with Crippen LogP contribution in [-0.2, 0) is 4.79 Å². The Kier molecular flexibility index (Phi) is 6.31. The molecule has 1 atom stereocenters. The van der Waals surface area contributed by atoms with E-state index >= 15 is 0 Å². The number of nitriles is 1. The van der Waals surface area contributed by atoms with Crippen LogP contribution >= 0.6 is 0 Å². The van der Waals surface area contributed by atoms with Crippen molar-refractivity contribution in [3.05, 3.63) is 42.0 Å². The summed E-state index contributed by atoms with van der Waals surface area (Å²) in [7, 11) is 2.09. The van der Waals surface area contributed by atoms with Gasteiger partial charge in [0.05, 0.1) is 5.69 Å². The quantitative estimate of drug-likeness (QED) is 0.619. The van der Waals surface area contributed by atoms with Gasteiger partial charge in [0.1, 0.15) is 24.0 Å². The number of ether oxygens (including phenoxy) is 1. The van der Waals surface area contributed by atoms with Crippen LogP contribution in [0.5, 0.6) is 11.8 Å². The van der Waals surface area contributed by atoms with Crippen molar-refractivity contribution in [3.8, 4) is 29.1 Å². The second-order valence-corrected chi connectivity index (χ2v) is 10.3. The number of phenols is 1. The largest absolute Gasteiger partial charge is 0.508 e. The molecule has 0 aliphatic carbocycles. The smallest absolute Gasteiger partial charge is 0.319 e. The fraction of sp³-hybridized carbons (Fsp3) is 0.481. The van der Waals surface area contributed by atoms with Gasteiger partial charge in [-0.3, -0.25) is 4.79 Å². The lowest BCUT2D eigenvalue weighted by Crippen LogP contribution is -2.59. The summed E-state index contributed by atoms with van der Waals surface area (Å²) in [6.07, 6.45) is 4.46. The Morgan fingerprint density at radius 2 is 2.14 bits per heavy atom. The van der Waals surface area contributed by atoms with Crippen LogP contribution in [0.3, 0.4) is 0 Å². The molecule has 3 aliphatic heterocycles. The summed E-state index contributed by atoms with van der Waals surface area (Å²) in [6, 6.07) is 7.93. The highest BCUT2D eigenvalue weighted by atomic mass is 16.5. The van der Waals surface area contributed by atoms with Gasteiger partial charge in [-0.25, -0.2) is 0 Å². The average Bonchev–Trinajstić information content (AvgIpc) is 3.49. The number of likely N-dealkylation sites (N-methyl/N-ethyl adjacent to an activating group) is 1. The molecule has 5 rings (SSSR count). The molecule has 0 radical (unpaired) electrons. The van der Waals surface area contributed by atoms with Gasteiger partial charge in [0.2, 0.25) is 5.91 Å². The van der Waals surface area contributed by atoms with E-state index in [-0.39, 0.29) is 23.1 Å². The summed E-state index contributed by atoms with van der Waals surface area (Å²) < 4.78 is 6.12. The lowest BCUT2D eigenvalue weighted by atomic mass is 9.79. The van der Waals surface area contributed by atoms with Gasteiger partial charge in [-0.15, -0.1) is 0 Å².